The zero-order valence-corrected chi connectivity index (χ0v) is 9.91. The SMILES string of the molecule is Cc1ccc(C(=O)CNC(=O)C(C)C)cc1. The van der Waals surface area contributed by atoms with Crippen LogP contribution in [0.3, 0.4) is 0 Å². The predicted molar refractivity (Wildman–Crippen MR) is 63.4 cm³/mol. The van der Waals surface area contributed by atoms with Crippen LogP contribution in [0.2, 0.25) is 0 Å². The van der Waals surface area contributed by atoms with Crippen LogP contribution < -0.4 is 5.32 Å². The lowest BCUT2D eigenvalue weighted by Crippen LogP contribution is -2.32. The van der Waals surface area contributed by atoms with E-state index in [1.54, 1.807) is 26.0 Å². The van der Waals surface area contributed by atoms with Crippen LogP contribution in [0.1, 0.15) is 29.8 Å². The van der Waals surface area contributed by atoms with Crippen molar-refractivity contribution >= 4 is 11.7 Å². The van der Waals surface area contributed by atoms with Gasteiger partial charge in [0.1, 0.15) is 0 Å². The number of aryl methyl sites for hydroxylation is 1. The Balaban J connectivity index is 2.53. The van der Waals surface area contributed by atoms with Crippen molar-refractivity contribution in [3.63, 3.8) is 0 Å². The molecule has 0 aromatic heterocycles. The third-order valence-corrected chi connectivity index (χ3v) is 2.32. The van der Waals surface area contributed by atoms with E-state index in [2.05, 4.69) is 5.32 Å². The summed E-state index contributed by atoms with van der Waals surface area (Å²) in [7, 11) is 0. The van der Waals surface area contributed by atoms with Gasteiger partial charge in [-0.2, -0.15) is 0 Å². The first-order chi connectivity index (χ1) is 7.50. The Kier molecular flexibility index (Phi) is 4.23. The Bertz CT molecular complexity index is 379. The second-order valence-electron chi connectivity index (χ2n) is 4.16. The normalized spacial score (nSPS) is 10.2. The van der Waals surface area contributed by atoms with E-state index in [0.717, 1.165) is 5.56 Å². The van der Waals surface area contributed by atoms with Crippen LogP contribution in [0.5, 0.6) is 0 Å². The number of benzene rings is 1. The average Bonchev–Trinajstić information content (AvgIpc) is 2.26. The van der Waals surface area contributed by atoms with E-state index >= 15 is 0 Å². The highest BCUT2D eigenvalue weighted by Crippen LogP contribution is 2.03. The molecule has 0 bridgehead atoms. The summed E-state index contributed by atoms with van der Waals surface area (Å²) in [6, 6.07) is 7.33. The maximum atomic E-state index is 11.7. The van der Waals surface area contributed by atoms with Gasteiger partial charge in [0.15, 0.2) is 5.78 Å². The molecule has 0 aliphatic carbocycles. The Labute approximate surface area is 95.9 Å². The summed E-state index contributed by atoms with van der Waals surface area (Å²) in [4.78, 5) is 22.9. The molecule has 0 fully saturated rings. The highest BCUT2D eigenvalue weighted by molar-refractivity contribution is 5.99. The second kappa shape index (κ2) is 5.45. The molecule has 1 N–H and O–H groups in total. The van der Waals surface area contributed by atoms with Crippen molar-refractivity contribution in [3.8, 4) is 0 Å². The standard InChI is InChI=1S/C13H17NO2/c1-9(2)13(16)14-8-12(15)11-6-4-10(3)5-7-11/h4-7,9H,8H2,1-3H3,(H,14,16). The summed E-state index contributed by atoms with van der Waals surface area (Å²) in [5.41, 5.74) is 1.75. The van der Waals surface area contributed by atoms with Crippen molar-refractivity contribution in [2.24, 2.45) is 5.92 Å². The first-order valence-electron chi connectivity index (χ1n) is 5.38. The monoisotopic (exact) mass is 219 g/mol. The lowest BCUT2D eigenvalue weighted by molar-refractivity contribution is -0.123. The Hall–Kier alpha value is -1.64. The summed E-state index contributed by atoms with van der Waals surface area (Å²) < 4.78 is 0. The molecule has 0 radical (unpaired) electrons. The predicted octanol–water partition coefficient (Wildman–Crippen LogP) is 1.95. The van der Waals surface area contributed by atoms with Crippen LogP contribution in [0, 0.1) is 12.8 Å². The smallest absolute Gasteiger partial charge is 0.222 e. The fraction of sp³-hybridized carbons (Fsp3) is 0.385. The first-order valence-corrected chi connectivity index (χ1v) is 5.38. The van der Waals surface area contributed by atoms with Crippen LogP contribution in [0.25, 0.3) is 0 Å². The topological polar surface area (TPSA) is 46.2 Å². The zero-order valence-electron chi connectivity index (χ0n) is 9.91. The molecule has 86 valence electrons. The third-order valence-electron chi connectivity index (χ3n) is 2.32. The Morgan fingerprint density at radius 3 is 2.25 bits per heavy atom. The number of ketones is 1. The van der Waals surface area contributed by atoms with Crippen LogP contribution in [-0.4, -0.2) is 18.2 Å². The molecule has 1 rings (SSSR count). The molecule has 1 aromatic rings. The first kappa shape index (κ1) is 12.4. The molecule has 0 saturated heterocycles. The lowest BCUT2D eigenvalue weighted by Gasteiger charge is -2.06. The van der Waals surface area contributed by atoms with Gasteiger partial charge in [-0.25, -0.2) is 0 Å². The molecule has 0 aliphatic heterocycles. The van der Waals surface area contributed by atoms with Crippen molar-refractivity contribution < 1.29 is 9.59 Å². The van der Waals surface area contributed by atoms with Crippen LogP contribution in [-0.2, 0) is 4.79 Å². The molecular formula is C13H17NO2. The van der Waals surface area contributed by atoms with Gasteiger partial charge in [0.2, 0.25) is 5.91 Å². The summed E-state index contributed by atoms with van der Waals surface area (Å²) in [5, 5.41) is 2.61. The Morgan fingerprint density at radius 1 is 1.19 bits per heavy atom. The van der Waals surface area contributed by atoms with Gasteiger partial charge >= 0.3 is 0 Å². The van der Waals surface area contributed by atoms with Gasteiger partial charge in [0.25, 0.3) is 0 Å². The number of amides is 1. The molecule has 0 spiro atoms. The number of nitrogens with one attached hydrogen (secondary N) is 1. The van der Waals surface area contributed by atoms with E-state index in [4.69, 9.17) is 0 Å². The van der Waals surface area contributed by atoms with Crippen molar-refractivity contribution in [1.29, 1.82) is 0 Å². The molecule has 3 nitrogen and oxygen atoms in total. The molecule has 1 aromatic carbocycles. The van der Waals surface area contributed by atoms with E-state index in [1.165, 1.54) is 0 Å². The molecule has 16 heavy (non-hydrogen) atoms. The van der Waals surface area contributed by atoms with E-state index in [9.17, 15) is 9.59 Å². The number of Topliss-reactive ketones (excluding diaryl/α,β-unsaturated/α-hetero) is 1. The maximum absolute atomic E-state index is 11.7. The molecule has 0 saturated carbocycles. The maximum Gasteiger partial charge on any atom is 0.222 e. The summed E-state index contributed by atoms with van der Waals surface area (Å²) in [5.74, 6) is -0.250. The Morgan fingerprint density at radius 2 is 1.75 bits per heavy atom. The molecule has 3 heteroatoms. The number of carbonyl (C=O) groups excluding carboxylic acids is 2. The van der Waals surface area contributed by atoms with Crippen LogP contribution in [0.4, 0.5) is 0 Å². The van der Waals surface area contributed by atoms with Gasteiger partial charge in [-0.3, -0.25) is 9.59 Å². The molecule has 0 aliphatic rings. The number of hydrogen-bond donors (Lipinski definition) is 1. The van der Waals surface area contributed by atoms with Crippen molar-refractivity contribution in [1.82, 2.24) is 5.32 Å². The van der Waals surface area contributed by atoms with Gasteiger partial charge < -0.3 is 5.32 Å². The van der Waals surface area contributed by atoms with Crippen molar-refractivity contribution in [2.45, 2.75) is 20.8 Å². The van der Waals surface area contributed by atoms with E-state index in [-0.39, 0.29) is 24.2 Å². The summed E-state index contributed by atoms with van der Waals surface area (Å²) >= 11 is 0. The highest BCUT2D eigenvalue weighted by atomic mass is 16.2. The van der Waals surface area contributed by atoms with Crippen LogP contribution >= 0.6 is 0 Å². The highest BCUT2D eigenvalue weighted by Gasteiger charge is 2.10. The molecule has 0 atom stereocenters. The number of rotatable bonds is 4. The second-order valence-corrected chi connectivity index (χ2v) is 4.16. The van der Waals surface area contributed by atoms with Crippen LogP contribution in [0.15, 0.2) is 24.3 Å². The summed E-state index contributed by atoms with van der Waals surface area (Å²) in [6.45, 7) is 5.63. The quantitative estimate of drug-likeness (QED) is 0.787. The zero-order chi connectivity index (χ0) is 12.1. The van der Waals surface area contributed by atoms with Gasteiger partial charge in [-0.05, 0) is 6.92 Å². The fourth-order valence-electron chi connectivity index (χ4n) is 1.21. The van der Waals surface area contributed by atoms with Crippen molar-refractivity contribution in [3.05, 3.63) is 35.4 Å². The molecular weight excluding hydrogens is 202 g/mol. The lowest BCUT2D eigenvalue weighted by atomic mass is 10.1. The number of hydrogen-bond acceptors (Lipinski definition) is 2. The minimum atomic E-state index is -0.0968. The summed E-state index contributed by atoms with van der Waals surface area (Å²) in [6.07, 6.45) is 0. The minimum absolute atomic E-state index is 0.0611. The van der Waals surface area contributed by atoms with Gasteiger partial charge in [0, 0.05) is 11.5 Å². The fourth-order valence-corrected chi connectivity index (χ4v) is 1.21. The largest absolute Gasteiger partial charge is 0.348 e. The molecule has 0 heterocycles. The number of carbonyl (C=O) groups is 2. The molecule has 1 amide bonds. The third kappa shape index (κ3) is 3.50. The van der Waals surface area contributed by atoms with E-state index in [0.29, 0.717) is 5.56 Å². The minimum Gasteiger partial charge on any atom is -0.348 e. The van der Waals surface area contributed by atoms with E-state index < -0.39 is 0 Å². The average molecular weight is 219 g/mol. The van der Waals surface area contributed by atoms with Crippen molar-refractivity contribution in [2.75, 3.05) is 6.54 Å². The van der Waals surface area contributed by atoms with Gasteiger partial charge in [0.05, 0.1) is 6.54 Å². The van der Waals surface area contributed by atoms with Gasteiger partial charge in [-0.15, -0.1) is 0 Å². The molecule has 0 unspecified atom stereocenters. The van der Waals surface area contributed by atoms with Gasteiger partial charge in [-0.1, -0.05) is 43.7 Å². The van der Waals surface area contributed by atoms with E-state index in [1.807, 2.05) is 19.1 Å².